The van der Waals surface area contributed by atoms with E-state index >= 15 is 0 Å². The third kappa shape index (κ3) is 3.89. The van der Waals surface area contributed by atoms with Gasteiger partial charge in [-0.25, -0.2) is 0 Å². The molecule has 0 fully saturated rings. The van der Waals surface area contributed by atoms with Crippen molar-refractivity contribution in [2.45, 2.75) is 13.1 Å². The number of allylic oxidation sites excluding steroid dienone is 1. The molecule has 0 bridgehead atoms. The first-order valence-corrected chi connectivity index (χ1v) is 5.45. The summed E-state index contributed by atoms with van der Waals surface area (Å²) in [4.78, 5) is 0. The van der Waals surface area contributed by atoms with Crippen molar-refractivity contribution < 1.29 is 13.2 Å². The van der Waals surface area contributed by atoms with Crippen LogP contribution in [0.4, 0.5) is 18.9 Å². The molecule has 0 aliphatic carbocycles. The first kappa shape index (κ1) is 13.1. The van der Waals surface area contributed by atoms with Crippen molar-refractivity contribution in [1.29, 1.82) is 0 Å². The van der Waals surface area contributed by atoms with Crippen molar-refractivity contribution in [3.63, 3.8) is 0 Å². The van der Waals surface area contributed by atoms with Crippen LogP contribution in [-0.2, 0) is 6.18 Å². The van der Waals surface area contributed by atoms with Gasteiger partial charge in [0.25, 0.3) is 0 Å². The summed E-state index contributed by atoms with van der Waals surface area (Å²) in [5.74, 6) is 0. The molecule has 0 atom stereocenters. The predicted octanol–water partition coefficient (Wildman–Crippen LogP) is 4.46. The monoisotopic (exact) mass is 293 g/mol. The van der Waals surface area contributed by atoms with Crippen LogP contribution < -0.4 is 5.32 Å². The molecule has 88 valence electrons. The van der Waals surface area contributed by atoms with E-state index in [0.29, 0.717) is 16.7 Å². The van der Waals surface area contributed by atoms with Gasteiger partial charge < -0.3 is 5.32 Å². The highest BCUT2D eigenvalue weighted by Gasteiger charge is 2.30. The SMILES string of the molecule is C/C=C/CNc1cc(Br)cc(C(F)(F)F)c1. The molecule has 0 saturated carbocycles. The van der Waals surface area contributed by atoms with E-state index in [1.807, 2.05) is 19.1 Å². The van der Waals surface area contributed by atoms with E-state index < -0.39 is 11.7 Å². The Labute approximate surface area is 100 Å². The average molecular weight is 294 g/mol. The third-order valence-corrected chi connectivity index (χ3v) is 2.34. The molecule has 1 rings (SSSR count). The minimum Gasteiger partial charge on any atom is -0.382 e. The Bertz CT molecular complexity index is 385. The average Bonchev–Trinajstić information content (AvgIpc) is 2.16. The summed E-state index contributed by atoms with van der Waals surface area (Å²) in [6, 6.07) is 3.76. The van der Waals surface area contributed by atoms with Gasteiger partial charge in [0.2, 0.25) is 0 Å². The zero-order valence-corrected chi connectivity index (χ0v) is 10.2. The maximum absolute atomic E-state index is 12.5. The Morgan fingerprint density at radius 3 is 2.56 bits per heavy atom. The Kier molecular flexibility index (Phi) is 4.41. The van der Waals surface area contributed by atoms with Gasteiger partial charge in [0, 0.05) is 16.7 Å². The van der Waals surface area contributed by atoms with Crippen LogP contribution in [0.1, 0.15) is 12.5 Å². The predicted molar refractivity (Wildman–Crippen MR) is 62.4 cm³/mol. The van der Waals surface area contributed by atoms with E-state index in [1.165, 1.54) is 0 Å². The topological polar surface area (TPSA) is 12.0 Å². The molecule has 0 saturated heterocycles. The number of benzene rings is 1. The molecule has 1 N–H and O–H groups in total. The lowest BCUT2D eigenvalue weighted by molar-refractivity contribution is -0.137. The number of anilines is 1. The van der Waals surface area contributed by atoms with Gasteiger partial charge >= 0.3 is 6.18 Å². The summed E-state index contributed by atoms with van der Waals surface area (Å²) in [5, 5.41) is 2.88. The van der Waals surface area contributed by atoms with Gasteiger partial charge in [-0.3, -0.25) is 0 Å². The van der Waals surface area contributed by atoms with Crippen molar-refractivity contribution in [3.05, 3.63) is 40.4 Å². The van der Waals surface area contributed by atoms with Gasteiger partial charge in [-0.15, -0.1) is 0 Å². The van der Waals surface area contributed by atoms with Crippen molar-refractivity contribution in [1.82, 2.24) is 0 Å². The second-order valence-electron chi connectivity index (χ2n) is 3.18. The normalized spacial score (nSPS) is 12.1. The maximum Gasteiger partial charge on any atom is 0.416 e. The maximum atomic E-state index is 12.5. The standard InChI is InChI=1S/C11H11BrF3N/c1-2-3-4-16-10-6-8(11(13,14)15)5-9(12)7-10/h2-3,5-7,16H,4H2,1H3/b3-2+. The van der Waals surface area contributed by atoms with Crippen LogP contribution in [0.25, 0.3) is 0 Å². The summed E-state index contributed by atoms with van der Waals surface area (Å²) in [6.07, 6.45) is -0.662. The van der Waals surface area contributed by atoms with Crippen molar-refractivity contribution >= 4 is 21.6 Å². The van der Waals surface area contributed by atoms with Crippen LogP contribution in [0.15, 0.2) is 34.8 Å². The number of halogens is 4. The highest BCUT2D eigenvalue weighted by Crippen LogP contribution is 2.33. The lowest BCUT2D eigenvalue weighted by Crippen LogP contribution is -2.06. The molecule has 5 heteroatoms. The first-order valence-electron chi connectivity index (χ1n) is 4.66. The lowest BCUT2D eigenvalue weighted by atomic mass is 10.2. The summed E-state index contributed by atoms with van der Waals surface area (Å²) >= 11 is 3.06. The number of hydrogen-bond acceptors (Lipinski definition) is 1. The van der Waals surface area contributed by atoms with Crippen molar-refractivity contribution in [2.75, 3.05) is 11.9 Å². The molecule has 0 unspecified atom stereocenters. The fourth-order valence-corrected chi connectivity index (χ4v) is 1.64. The molecule has 1 nitrogen and oxygen atoms in total. The van der Waals surface area contributed by atoms with Gasteiger partial charge in [0.1, 0.15) is 0 Å². The fourth-order valence-electron chi connectivity index (χ4n) is 1.15. The molecule has 0 amide bonds. The summed E-state index contributed by atoms with van der Waals surface area (Å²) < 4.78 is 37.8. The Hall–Kier alpha value is -0.970. The highest BCUT2D eigenvalue weighted by molar-refractivity contribution is 9.10. The molecular weight excluding hydrogens is 283 g/mol. The number of rotatable bonds is 3. The quantitative estimate of drug-likeness (QED) is 0.812. The minimum atomic E-state index is -4.32. The highest BCUT2D eigenvalue weighted by atomic mass is 79.9. The molecule has 0 aliphatic rings. The van der Waals surface area contributed by atoms with E-state index in [9.17, 15) is 13.2 Å². The van der Waals surface area contributed by atoms with Crippen LogP contribution in [0.5, 0.6) is 0 Å². The molecule has 0 radical (unpaired) electrons. The van der Waals surface area contributed by atoms with Gasteiger partial charge in [-0.05, 0) is 25.1 Å². The van der Waals surface area contributed by atoms with Crippen LogP contribution >= 0.6 is 15.9 Å². The molecule has 1 aromatic rings. The van der Waals surface area contributed by atoms with Crippen LogP contribution in [-0.4, -0.2) is 6.54 Å². The number of nitrogens with one attached hydrogen (secondary N) is 1. The smallest absolute Gasteiger partial charge is 0.382 e. The third-order valence-electron chi connectivity index (χ3n) is 1.88. The number of hydrogen-bond donors (Lipinski definition) is 1. The zero-order chi connectivity index (χ0) is 12.2. The van der Waals surface area contributed by atoms with Crippen LogP contribution in [0, 0.1) is 0 Å². The van der Waals surface area contributed by atoms with E-state index in [0.717, 1.165) is 12.1 Å². The molecule has 0 aliphatic heterocycles. The van der Waals surface area contributed by atoms with Crippen LogP contribution in [0.2, 0.25) is 0 Å². The largest absolute Gasteiger partial charge is 0.416 e. The van der Waals surface area contributed by atoms with Gasteiger partial charge in [0.15, 0.2) is 0 Å². The Balaban J connectivity index is 2.90. The van der Waals surface area contributed by atoms with Crippen LogP contribution in [0.3, 0.4) is 0 Å². The van der Waals surface area contributed by atoms with E-state index in [2.05, 4.69) is 21.2 Å². The van der Waals surface area contributed by atoms with E-state index in [-0.39, 0.29) is 0 Å². The molecule has 0 spiro atoms. The minimum absolute atomic E-state index is 0.408. The van der Waals surface area contributed by atoms with Gasteiger partial charge in [-0.1, -0.05) is 28.1 Å². The Morgan fingerprint density at radius 1 is 1.31 bits per heavy atom. The Morgan fingerprint density at radius 2 is 2.00 bits per heavy atom. The summed E-state index contributed by atoms with van der Waals surface area (Å²) in [6.45, 7) is 2.36. The molecular formula is C11H11BrF3N. The van der Waals surface area contributed by atoms with Crippen molar-refractivity contribution in [2.24, 2.45) is 0 Å². The van der Waals surface area contributed by atoms with Gasteiger partial charge in [0.05, 0.1) is 5.56 Å². The number of alkyl halides is 3. The first-order chi connectivity index (χ1) is 7.43. The van der Waals surface area contributed by atoms with E-state index in [1.54, 1.807) is 6.07 Å². The molecule has 1 aromatic carbocycles. The molecule has 16 heavy (non-hydrogen) atoms. The zero-order valence-electron chi connectivity index (χ0n) is 8.61. The van der Waals surface area contributed by atoms with E-state index in [4.69, 9.17) is 0 Å². The summed E-state index contributed by atoms with van der Waals surface area (Å²) in [5.41, 5.74) is -0.218. The molecule has 0 heterocycles. The summed E-state index contributed by atoms with van der Waals surface area (Å²) in [7, 11) is 0. The van der Waals surface area contributed by atoms with Gasteiger partial charge in [-0.2, -0.15) is 13.2 Å². The second kappa shape index (κ2) is 5.39. The van der Waals surface area contributed by atoms with Crippen molar-refractivity contribution in [3.8, 4) is 0 Å². The fraction of sp³-hybridized carbons (Fsp3) is 0.273. The second-order valence-corrected chi connectivity index (χ2v) is 4.09. The lowest BCUT2D eigenvalue weighted by Gasteiger charge is -2.10. The molecule has 0 aromatic heterocycles.